The lowest BCUT2D eigenvalue weighted by atomic mass is 9.74. The standard InChI is InChI=1S/C17H21BrN2/c18-16-7-2-1-5-14(16)8-11-20-12-9-15-6-3-4-10-17(15,20)13-19/h1-2,5,7,15H,3-4,6,8-12H2. The minimum absolute atomic E-state index is 0.153. The topological polar surface area (TPSA) is 27.0 Å². The van der Waals surface area contributed by atoms with Crippen molar-refractivity contribution in [2.24, 2.45) is 5.92 Å². The zero-order valence-corrected chi connectivity index (χ0v) is 13.4. The van der Waals surface area contributed by atoms with Crippen LogP contribution in [0.1, 0.15) is 37.7 Å². The largest absolute Gasteiger partial charge is 0.285 e. The molecule has 1 saturated heterocycles. The lowest BCUT2D eigenvalue weighted by molar-refractivity contribution is 0.118. The van der Waals surface area contributed by atoms with Crippen LogP contribution in [-0.4, -0.2) is 23.5 Å². The molecule has 1 aromatic carbocycles. The smallest absolute Gasteiger partial charge is 0.112 e. The normalized spacial score (nSPS) is 29.9. The lowest BCUT2D eigenvalue weighted by Crippen LogP contribution is -2.49. The van der Waals surface area contributed by atoms with E-state index in [1.54, 1.807) is 0 Å². The average Bonchev–Trinajstić information content (AvgIpc) is 2.86. The third kappa shape index (κ3) is 2.40. The highest BCUT2D eigenvalue weighted by Gasteiger charge is 2.49. The zero-order valence-electron chi connectivity index (χ0n) is 11.8. The molecule has 3 heteroatoms. The Labute approximate surface area is 129 Å². The van der Waals surface area contributed by atoms with Crippen molar-refractivity contribution in [2.45, 2.75) is 44.1 Å². The van der Waals surface area contributed by atoms with E-state index >= 15 is 0 Å². The van der Waals surface area contributed by atoms with Crippen LogP contribution in [0.3, 0.4) is 0 Å². The van der Waals surface area contributed by atoms with Crippen LogP contribution in [0.5, 0.6) is 0 Å². The van der Waals surface area contributed by atoms with E-state index < -0.39 is 0 Å². The SMILES string of the molecule is N#CC12CCCCC1CCN2CCc1ccccc1Br. The predicted octanol–water partition coefficient (Wildman–Crippen LogP) is 4.15. The Hall–Kier alpha value is -0.850. The number of benzene rings is 1. The average molecular weight is 333 g/mol. The molecular formula is C17H21BrN2. The van der Waals surface area contributed by atoms with Gasteiger partial charge in [-0.05, 0) is 43.2 Å². The molecule has 0 aromatic heterocycles. The summed E-state index contributed by atoms with van der Waals surface area (Å²) in [7, 11) is 0. The van der Waals surface area contributed by atoms with Gasteiger partial charge in [0.05, 0.1) is 6.07 Å². The first-order chi connectivity index (χ1) is 9.76. The van der Waals surface area contributed by atoms with Crippen molar-refractivity contribution in [1.29, 1.82) is 5.26 Å². The maximum absolute atomic E-state index is 9.77. The minimum Gasteiger partial charge on any atom is -0.285 e. The van der Waals surface area contributed by atoms with Gasteiger partial charge in [-0.25, -0.2) is 0 Å². The van der Waals surface area contributed by atoms with Crippen molar-refractivity contribution in [3.05, 3.63) is 34.3 Å². The van der Waals surface area contributed by atoms with Crippen LogP contribution >= 0.6 is 15.9 Å². The zero-order chi connectivity index (χ0) is 14.0. The predicted molar refractivity (Wildman–Crippen MR) is 84.3 cm³/mol. The van der Waals surface area contributed by atoms with E-state index in [1.807, 2.05) is 0 Å². The third-order valence-corrected chi connectivity index (χ3v) is 5.92. The Kier molecular flexibility index (Phi) is 4.14. The molecule has 2 aliphatic rings. The second kappa shape index (κ2) is 5.87. The first-order valence-electron chi connectivity index (χ1n) is 7.66. The van der Waals surface area contributed by atoms with E-state index in [0.29, 0.717) is 5.92 Å². The molecule has 0 bridgehead atoms. The molecule has 1 saturated carbocycles. The van der Waals surface area contributed by atoms with Gasteiger partial charge in [0.15, 0.2) is 0 Å². The molecule has 2 nitrogen and oxygen atoms in total. The van der Waals surface area contributed by atoms with Crippen LogP contribution in [0, 0.1) is 17.2 Å². The summed E-state index contributed by atoms with van der Waals surface area (Å²) in [5.74, 6) is 0.612. The molecule has 2 fully saturated rings. The van der Waals surface area contributed by atoms with Gasteiger partial charge >= 0.3 is 0 Å². The molecule has 1 aliphatic heterocycles. The highest BCUT2D eigenvalue weighted by atomic mass is 79.9. The lowest BCUT2D eigenvalue weighted by Gasteiger charge is -2.39. The van der Waals surface area contributed by atoms with Gasteiger partial charge in [0, 0.05) is 17.6 Å². The van der Waals surface area contributed by atoms with Crippen LogP contribution in [0.4, 0.5) is 0 Å². The monoisotopic (exact) mass is 332 g/mol. The molecule has 1 aromatic rings. The van der Waals surface area contributed by atoms with Gasteiger partial charge in [0.2, 0.25) is 0 Å². The summed E-state index contributed by atoms with van der Waals surface area (Å²) in [4.78, 5) is 2.47. The first kappa shape index (κ1) is 14.1. The number of hydrogen-bond donors (Lipinski definition) is 0. The van der Waals surface area contributed by atoms with E-state index in [0.717, 1.165) is 25.9 Å². The van der Waals surface area contributed by atoms with Crippen molar-refractivity contribution in [3.8, 4) is 6.07 Å². The number of hydrogen-bond acceptors (Lipinski definition) is 2. The number of nitrogens with zero attached hydrogens (tertiary/aromatic N) is 2. The van der Waals surface area contributed by atoms with Gasteiger partial charge in [-0.3, -0.25) is 4.90 Å². The fraction of sp³-hybridized carbons (Fsp3) is 0.588. The molecule has 0 N–H and O–H groups in total. The summed E-state index contributed by atoms with van der Waals surface area (Å²) < 4.78 is 1.19. The number of rotatable bonds is 3. The van der Waals surface area contributed by atoms with Crippen molar-refractivity contribution in [3.63, 3.8) is 0 Å². The first-order valence-corrected chi connectivity index (χ1v) is 8.45. The second-order valence-electron chi connectivity index (χ2n) is 6.10. The highest BCUT2D eigenvalue weighted by Crippen LogP contribution is 2.44. The summed E-state index contributed by atoms with van der Waals surface area (Å²) in [6, 6.07) is 11.1. The highest BCUT2D eigenvalue weighted by molar-refractivity contribution is 9.10. The second-order valence-corrected chi connectivity index (χ2v) is 6.95. The van der Waals surface area contributed by atoms with E-state index in [9.17, 15) is 5.26 Å². The molecular weight excluding hydrogens is 312 g/mol. The summed E-state index contributed by atoms with van der Waals surface area (Å²) in [6.07, 6.45) is 7.09. The minimum atomic E-state index is -0.153. The molecule has 3 rings (SSSR count). The molecule has 106 valence electrons. The van der Waals surface area contributed by atoms with Gasteiger partial charge in [-0.15, -0.1) is 0 Å². The maximum atomic E-state index is 9.77. The summed E-state index contributed by atoms with van der Waals surface area (Å²) >= 11 is 3.62. The van der Waals surface area contributed by atoms with Crippen molar-refractivity contribution in [1.82, 2.24) is 4.90 Å². The molecule has 0 amide bonds. The molecule has 1 aliphatic carbocycles. The number of likely N-dealkylation sites (tertiary alicyclic amines) is 1. The van der Waals surface area contributed by atoms with E-state index in [4.69, 9.17) is 0 Å². The number of fused-ring (bicyclic) bond motifs is 1. The van der Waals surface area contributed by atoms with Crippen molar-refractivity contribution < 1.29 is 0 Å². The number of halogens is 1. The van der Waals surface area contributed by atoms with Crippen LogP contribution < -0.4 is 0 Å². The van der Waals surface area contributed by atoms with Gasteiger partial charge in [-0.2, -0.15) is 5.26 Å². The van der Waals surface area contributed by atoms with Crippen molar-refractivity contribution >= 4 is 15.9 Å². The van der Waals surface area contributed by atoms with Crippen LogP contribution in [-0.2, 0) is 6.42 Å². The Balaban J connectivity index is 1.72. The Morgan fingerprint density at radius 2 is 2.15 bits per heavy atom. The molecule has 2 atom stereocenters. The molecule has 20 heavy (non-hydrogen) atoms. The molecule has 0 radical (unpaired) electrons. The number of nitriles is 1. The Morgan fingerprint density at radius 3 is 2.95 bits per heavy atom. The van der Waals surface area contributed by atoms with Gasteiger partial charge in [-0.1, -0.05) is 47.0 Å². The fourth-order valence-corrected chi connectivity index (χ4v) is 4.51. The van der Waals surface area contributed by atoms with Crippen LogP contribution in [0.15, 0.2) is 28.7 Å². The molecule has 0 spiro atoms. The Bertz CT molecular complexity index is 522. The summed E-state index contributed by atoms with van der Waals surface area (Å²) in [6.45, 7) is 2.11. The Morgan fingerprint density at radius 1 is 1.30 bits per heavy atom. The fourth-order valence-electron chi connectivity index (χ4n) is 4.02. The van der Waals surface area contributed by atoms with Gasteiger partial charge in [0.1, 0.15) is 5.54 Å². The van der Waals surface area contributed by atoms with Gasteiger partial charge < -0.3 is 0 Å². The summed E-state index contributed by atoms with van der Waals surface area (Å²) in [5.41, 5.74) is 1.19. The van der Waals surface area contributed by atoms with E-state index in [-0.39, 0.29) is 5.54 Å². The summed E-state index contributed by atoms with van der Waals surface area (Å²) in [5, 5.41) is 9.77. The molecule has 1 heterocycles. The van der Waals surface area contributed by atoms with E-state index in [2.05, 4.69) is 51.2 Å². The quantitative estimate of drug-likeness (QED) is 0.831. The van der Waals surface area contributed by atoms with Crippen LogP contribution in [0.2, 0.25) is 0 Å². The van der Waals surface area contributed by atoms with Crippen molar-refractivity contribution in [2.75, 3.05) is 13.1 Å². The van der Waals surface area contributed by atoms with Crippen LogP contribution in [0.25, 0.3) is 0 Å². The maximum Gasteiger partial charge on any atom is 0.112 e. The van der Waals surface area contributed by atoms with E-state index in [1.165, 1.54) is 35.7 Å². The van der Waals surface area contributed by atoms with Gasteiger partial charge in [0.25, 0.3) is 0 Å². The molecule has 2 unspecified atom stereocenters. The third-order valence-electron chi connectivity index (χ3n) is 5.15.